The average molecular weight is 312 g/mol. The van der Waals surface area contributed by atoms with Gasteiger partial charge >= 0.3 is 0 Å². The van der Waals surface area contributed by atoms with E-state index in [9.17, 15) is 9.18 Å². The molecule has 0 unspecified atom stereocenters. The Labute approximate surface area is 112 Å². The zero-order valence-electron chi connectivity index (χ0n) is 9.87. The summed E-state index contributed by atoms with van der Waals surface area (Å²) in [6.45, 7) is 1.89. The number of anilines is 1. The summed E-state index contributed by atoms with van der Waals surface area (Å²) in [6.07, 6.45) is 0. The fourth-order valence-electron chi connectivity index (χ4n) is 1.45. The van der Waals surface area contributed by atoms with Gasteiger partial charge in [0.25, 0.3) is 5.91 Å². The molecule has 6 heteroatoms. The van der Waals surface area contributed by atoms with Gasteiger partial charge in [-0.25, -0.2) is 4.39 Å². The molecule has 1 amide bonds. The fourth-order valence-corrected chi connectivity index (χ4v) is 1.83. The molecule has 0 aliphatic carbocycles. The van der Waals surface area contributed by atoms with Crippen molar-refractivity contribution in [1.29, 1.82) is 0 Å². The summed E-state index contributed by atoms with van der Waals surface area (Å²) in [5.74, 6) is -0.255. The van der Waals surface area contributed by atoms with Gasteiger partial charge in [0.05, 0.1) is 4.47 Å². The van der Waals surface area contributed by atoms with E-state index in [-0.39, 0.29) is 10.4 Å². The minimum atomic E-state index is -0.403. The highest BCUT2D eigenvalue weighted by atomic mass is 79.9. The molecule has 0 aliphatic rings. The Morgan fingerprint density at radius 2 is 2.17 bits per heavy atom. The Morgan fingerprint density at radius 3 is 2.72 bits per heavy atom. The van der Waals surface area contributed by atoms with Gasteiger partial charge in [0.1, 0.15) is 5.82 Å². The quantitative estimate of drug-likeness (QED) is 0.927. The lowest BCUT2D eigenvalue weighted by Crippen LogP contribution is -2.12. The largest absolute Gasteiger partial charge is 0.305 e. The van der Waals surface area contributed by atoms with E-state index in [2.05, 4.69) is 26.3 Å². The number of rotatable bonds is 2. The van der Waals surface area contributed by atoms with Crippen molar-refractivity contribution in [3.63, 3.8) is 0 Å². The summed E-state index contributed by atoms with van der Waals surface area (Å²) in [6, 6.07) is 5.85. The number of halogens is 2. The molecule has 0 fully saturated rings. The third kappa shape index (κ3) is 2.59. The number of carbonyl (C=O) groups is 1. The second kappa shape index (κ2) is 4.89. The fraction of sp³-hybridized carbons (Fsp3) is 0.167. The molecule has 1 heterocycles. The highest BCUT2D eigenvalue weighted by Gasteiger charge is 2.10. The van der Waals surface area contributed by atoms with Crippen LogP contribution in [0.1, 0.15) is 16.1 Å². The number of hydrogen-bond donors (Lipinski definition) is 1. The first-order chi connectivity index (χ1) is 8.47. The van der Waals surface area contributed by atoms with E-state index in [1.165, 1.54) is 18.2 Å². The Kier molecular flexibility index (Phi) is 3.47. The number of carbonyl (C=O) groups excluding carboxylic acids is 1. The first kappa shape index (κ1) is 12.8. The summed E-state index contributed by atoms with van der Waals surface area (Å²) in [5, 5.41) is 6.77. The van der Waals surface area contributed by atoms with Crippen LogP contribution >= 0.6 is 15.9 Å². The second-order valence-electron chi connectivity index (χ2n) is 3.88. The number of amides is 1. The molecule has 0 radical (unpaired) electrons. The molecule has 18 heavy (non-hydrogen) atoms. The molecular weight excluding hydrogens is 301 g/mol. The van der Waals surface area contributed by atoms with Crippen LogP contribution in [0.5, 0.6) is 0 Å². The van der Waals surface area contributed by atoms with Gasteiger partial charge in [0.2, 0.25) is 0 Å². The Hall–Kier alpha value is -1.69. The maximum atomic E-state index is 13.1. The molecular formula is C12H11BrFN3O. The standard InChI is InChI=1S/C12H11BrFN3O/c1-7-5-11(16-17(7)2)15-12(18)8-3-4-10(14)9(13)6-8/h3-6H,1-2H3,(H,15,16,18). The van der Waals surface area contributed by atoms with Gasteiger partial charge in [-0.15, -0.1) is 0 Å². The molecule has 4 nitrogen and oxygen atoms in total. The lowest BCUT2D eigenvalue weighted by molar-refractivity contribution is 0.102. The van der Waals surface area contributed by atoms with Crippen molar-refractivity contribution in [3.8, 4) is 0 Å². The van der Waals surface area contributed by atoms with Crippen molar-refractivity contribution < 1.29 is 9.18 Å². The highest BCUT2D eigenvalue weighted by Crippen LogP contribution is 2.18. The molecule has 94 valence electrons. The van der Waals surface area contributed by atoms with Gasteiger partial charge in [-0.2, -0.15) is 5.10 Å². The average Bonchev–Trinajstić information content (AvgIpc) is 2.61. The Bertz CT molecular complexity index is 590. The number of aromatic nitrogens is 2. The zero-order chi connectivity index (χ0) is 13.3. The molecule has 1 aromatic carbocycles. The molecule has 1 N–H and O–H groups in total. The minimum absolute atomic E-state index is 0.257. The molecule has 0 bridgehead atoms. The maximum absolute atomic E-state index is 13.1. The lowest BCUT2D eigenvalue weighted by atomic mass is 10.2. The summed E-state index contributed by atoms with van der Waals surface area (Å²) in [5.41, 5.74) is 1.30. The van der Waals surface area contributed by atoms with Crippen molar-refractivity contribution in [1.82, 2.24) is 9.78 Å². The van der Waals surface area contributed by atoms with Gasteiger partial charge < -0.3 is 5.32 Å². The van der Waals surface area contributed by atoms with Crippen molar-refractivity contribution in [3.05, 3.63) is 45.8 Å². The van der Waals surface area contributed by atoms with Crippen LogP contribution in [-0.4, -0.2) is 15.7 Å². The predicted octanol–water partition coefficient (Wildman–Crippen LogP) is 2.88. The molecule has 2 aromatic rings. The molecule has 0 aliphatic heterocycles. The molecule has 0 saturated carbocycles. The van der Waals surface area contributed by atoms with Crippen LogP contribution in [0.3, 0.4) is 0 Å². The predicted molar refractivity (Wildman–Crippen MR) is 70.0 cm³/mol. The SMILES string of the molecule is Cc1cc(NC(=O)c2ccc(F)c(Br)c2)nn1C. The minimum Gasteiger partial charge on any atom is -0.305 e. The summed E-state index contributed by atoms with van der Waals surface area (Å²) < 4.78 is 15.0. The topological polar surface area (TPSA) is 46.9 Å². The maximum Gasteiger partial charge on any atom is 0.256 e. The van der Waals surface area contributed by atoms with E-state index >= 15 is 0 Å². The van der Waals surface area contributed by atoms with Gasteiger partial charge in [0.15, 0.2) is 5.82 Å². The van der Waals surface area contributed by atoms with Gasteiger partial charge in [0, 0.05) is 24.4 Å². The van der Waals surface area contributed by atoms with E-state index < -0.39 is 5.82 Å². The van der Waals surface area contributed by atoms with Crippen LogP contribution in [-0.2, 0) is 7.05 Å². The normalized spacial score (nSPS) is 10.4. The first-order valence-electron chi connectivity index (χ1n) is 5.24. The molecule has 1 aromatic heterocycles. The van der Waals surface area contributed by atoms with E-state index in [1.54, 1.807) is 17.8 Å². The molecule has 0 spiro atoms. The number of nitrogens with one attached hydrogen (secondary N) is 1. The van der Waals surface area contributed by atoms with Crippen LogP contribution in [0.15, 0.2) is 28.7 Å². The van der Waals surface area contributed by atoms with Gasteiger partial charge in [-0.1, -0.05) is 0 Å². The van der Waals surface area contributed by atoms with Crippen LogP contribution in [0.4, 0.5) is 10.2 Å². The molecule has 2 rings (SSSR count). The summed E-state index contributed by atoms with van der Waals surface area (Å²) in [7, 11) is 1.79. The molecule has 0 saturated heterocycles. The van der Waals surface area contributed by atoms with E-state index in [0.717, 1.165) is 5.69 Å². The van der Waals surface area contributed by atoms with Crippen molar-refractivity contribution in [2.45, 2.75) is 6.92 Å². The van der Waals surface area contributed by atoms with Crippen molar-refractivity contribution in [2.24, 2.45) is 7.05 Å². The van der Waals surface area contributed by atoms with Crippen LogP contribution in [0.2, 0.25) is 0 Å². The Morgan fingerprint density at radius 1 is 1.44 bits per heavy atom. The number of hydrogen-bond acceptors (Lipinski definition) is 2. The zero-order valence-corrected chi connectivity index (χ0v) is 11.5. The van der Waals surface area contributed by atoms with E-state index in [1.807, 2.05) is 6.92 Å². The van der Waals surface area contributed by atoms with E-state index in [4.69, 9.17) is 0 Å². The van der Waals surface area contributed by atoms with Crippen molar-refractivity contribution >= 4 is 27.7 Å². The summed E-state index contributed by atoms with van der Waals surface area (Å²) >= 11 is 3.04. The van der Waals surface area contributed by atoms with Crippen molar-refractivity contribution in [2.75, 3.05) is 5.32 Å². The highest BCUT2D eigenvalue weighted by molar-refractivity contribution is 9.10. The van der Waals surface area contributed by atoms with Gasteiger partial charge in [-0.05, 0) is 41.1 Å². The first-order valence-corrected chi connectivity index (χ1v) is 6.03. The van der Waals surface area contributed by atoms with E-state index in [0.29, 0.717) is 11.4 Å². The smallest absolute Gasteiger partial charge is 0.256 e. The van der Waals surface area contributed by atoms with Crippen LogP contribution in [0.25, 0.3) is 0 Å². The third-order valence-corrected chi connectivity index (χ3v) is 3.14. The van der Waals surface area contributed by atoms with Crippen LogP contribution in [0, 0.1) is 12.7 Å². The summed E-state index contributed by atoms with van der Waals surface area (Å²) in [4.78, 5) is 11.9. The number of aryl methyl sites for hydroxylation is 2. The molecule has 0 atom stereocenters. The number of benzene rings is 1. The second-order valence-corrected chi connectivity index (χ2v) is 4.73. The lowest BCUT2D eigenvalue weighted by Gasteiger charge is -2.02. The number of nitrogens with zero attached hydrogens (tertiary/aromatic N) is 2. The van der Waals surface area contributed by atoms with Gasteiger partial charge in [-0.3, -0.25) is 9.48 Å². The Balaban J connectivity index is 2.19. The third-order valence-electron chi connectivity index (χ3n) is 2.54. The van der Waals surface area contributed by atoms with Crippen LogP contribution < -0.4 is 5.32 Å². The monoisotopic (exact) mass is 311 g/mol.